The molecule has 0 fully saturated rings. The third-order valence-electron chi connectivity index (χ3n) is 2.40. The molecule has 0 aliphatic carbocycles. The number of thiazole rings is 1. The molecule has 1 aromatic carbocycles. The molecule has 17 heavy (non-hydrogen) atoms. The first-order chi connectivity index (χ1) is 8.22. The molecule has 0 saturated heterocycles. The number of nitrogens with zero attached hydrogens (tertiary/aromatic N) is 1. The summed E-state index contributed by atoms with van der Waals surface area (Å²) >= 11 is 1.59. The average molecular weight is 247 g/mol. The highest BCUT2D eigenvalue weighted by Crippen LogP contribution is 2.26. The lowest BCUT2D eigenvalue weighted by Crippen LogP contribution is -2.04. The van der Waals surface area contributed by atoms with E-state index in [1.54, 1.807) is 30.5 Å². The standard InChI is InChI=1S/C13H13NO2S/c1-3-16-13(15)10-4-5-11(9(2)8-10)12-14-6-7-17-12/h4-8H,3H2,1-2H3. The smallest absolute Gasteiger partial charge is 0.338 e. The number of benzene rings is 1. The maximum Gasteiger partial charge on any atom is 0.338 e. The van der Waals surface area contributed by atoms with E-state index in [0.29, 0.717) is 12.2 Å². The van der Waals surface area contributed by atoms with Crippen molar-refractivity contribution in [1.82, 2.24) is 4.98 Å². The third-order valence-corrected chi connectivity index (χ3v) is 3.21. The number of esters is 1. The fourth-order valence-electron chi connectivity index (χ4n) is 1.60. The van der Waals surface area contributed by atoms with Crippen molar-refractivity contribution < 1.29 is 9.53 Å². The van der Waals surface area contributed by atoms with Crippen LogP contribution < -0.4 is 0 Å². The van der Waals surface area contributed by atoms with Crippen LogP contribution in [0.3, 0.4) is 0 Å². The Labute approximate surface area is 104 Å². The number of hydrogen-bond acceptors (Lipinski definition) is 4. The maximum atomic E-state index is 11.6. The normalized spacial score (nSPS) is 10.2. The fraction of sp³-hybridized carbons (Fsp3) is 0.231. The molecule has 0 amide bonds. The zero-order valence-corrected chi connectivity index (χ0v) is 10.6. The van der Waals surface area contributed by atoms with Crippen molar-refractivity contribution in [2.24, 2.45) is 0 Å². The van der Waals surface area contributed by atoms with E-state index >= 15 is 0 Å². The molecule has 0 unspecified atom stereocenters. The van der Waals surface area contributed by atoms with E-state index in [1.807, 2.05) is 24.4 Å². The van der Waals surface area contributed by atoms with Gasteiger partial charge in [0, 0.05) is 17.1 Å². The summed E-state index contributed by atoms with van der Waals surface area (Å²) in [4.78, 5) is 15.8. The summed E-state index contributed by atoms with van der Waals surface area (Å²) in [5.41, 5.74) is 2.68. The molecule has 88 valence electrons. The maximum absolute atomic E-state index is 11.6. The minimum absolute atomic E-state index is 0.277. The van der Waals surface area contributed by atoms with E-state index in [4.69, 9.17) is 4.74 Å². The largest absolute Gasteiger partial charge is 0.462 e. The minimum Gasteiger partial charge on any atom is -0.462 e. The van der Waals surface area contributed by atoms with Gasteiger partial charge < -0.3 is 4.74 Å². The second-order valence-corrected chi connectivity index (χ2v) is 4.48. The molecule has 0 bridgehead atoms. The van der Waals surface area contributed by atoms with Gasteiger partial charge in [-0.3, -0.25) is 0 Å². The molecule has 1 heterocycles. The van der Waals surface area contributed by atoms with Crippen LogP contribution in [-0.2, 0) is 4.74 Å². The molecule has 0 spiro atoms. The zero-order chi connectivity index (χ0) is 12.3. The Morgan fingerprint density at radius 2 is 2.29 bits per heavy atom. The summed E-state index contributed by atoms with van der Waals surface area (Å²) in [6.45, 7) is 4.17. The number of carbonyl (C=O) groups is 1. The summed E-state index contributed by atoms with van der Waals surface area (Å²) < 4.78 is 4.96. The van der Waals surface area contributed by atoms with Gasteiger partial charge in [0.2, 0.25) is 0 Å². The molecule has 0 N–H and O–H groups in total. The lowest BCUT2D eigenvalue weighted by atomic mass is 10.1. The van der Waals surface area contributed by atoms with Crippen LogP contribution in [0.15, 0.2) is 29.8 Å². The molecule has 1 aromatic heterocycles. The molecule has 0 saturated carbocycles. The molecular formula is C13H13NO2S. The van der Waals surface area contributed by atoms with Crippen molar-refractivity contribution in [2.45, 2.75) is 13.8 Å². The second-order valence-electron chi connectivity index (χ2n) is 3.59. The first kappa shape index (κ1) is 11.8. The van der Waals surface area contributed by atoms with Gasteiger partial charge in [-0.1, -0.05) is 6.07 Å². The zero-order valence-electron chi connectivity index (χ0n) is 9.77. The number of hydrogen-bond donors (Lipinski definition) is 0. The number of carbonyl (C=O) groups excluding carboxylic acids is 1. The fourth-order valence-corrected chi connectivity index (χ4v) is 2.33. The van der Waals surface area contributed by atoms with Crippen LogP contribution in [0.25, 0.3) is 10.6 Å². The van der Waals surface area contributed by atoms with Gasteiger partial charge in [0.05, 0.1) is 12.2 Å². The molecule has 0 aliphatic heterocycles. The highest BCUT2D eigenvalue weighted by Gasteiger charge is 2.10. The summed E-state index contributed by atoms with van der Waals surface area (Å²) in [5, 5.41) is 2.91. The van der Waals surface area contributed by atoms with Crippen molar-refractivity contribution in [2.75, 3.05) is 6.61 Å². The van der Waals surface area contributed by atoms with Crippen LogP contribution in [0, 0.1) is 6.92 Å². The van der Waals surface area contributed by atoms with Crippen LogP contribution in [-0.4, -0.2) is 17.6 Å². The van der Waals surface area contributed by atoms with Gasteiger partial charge in [0.25, 0.3) is 0 Å². The first-order valence-electron chi connectivity index (χ1n) is 5.40. The Bertz CT molecular complexity index is 520. The van der Waals surface area contributed by atoms with Gasteiger partial charge in [0.1, 0.15) is 5.01 Å². The third kappa shape index (κ3) is 2.53. The Hall–Kier alpha value is -1.68. The lowest BCUT2D eigenvalue weighted by Gasteiger charge is -2.06. The van der Waals surface area contributed by atoms with Crippen LogP contribution in [0.1, 0.15) is 22.8 Å². The quantitative estimate of drug-likeness (QED) is 0.781. The van der Waals surface area contributed by atoms with Crippen molar-refractivity contribution in [3.63, 3.8) is 0 Å². The molecule has 3 nitrogen and oxygen atoms in total. The van der Waals surface area contributed by atoms with E-state index < -0.39 is 0 Å². The van der Waals surface area contributed by atoms with Crippen molar-refractivity contribution in [3.8, 4) is 10.6 Å². The molecule has 0 aliphatic rings. The van der Waals surface area contributed by atoms with E-state index in [9.17, 15) is 4.79 Å². The predicted octanol–water partition coefficient (Wildman–Crippen LogP) is 3.30. The highest BCUT2D eigenvalue weighted by atomic mass is 32.1. The molecule has 0 radical (unpaired) electrons. The van der Waals surface area contributed by atoms with Crippen LogP contribution >= 0.6 is 11.3 Å². The Balaban J connectivity index is 2.32. The molecule has 2 aromatic rings. The van der Waals surface area contributed by atoms with Gasteiger partial charge in [-0.25, -0.2) is 9.78 Å². The monoisotopic (exact) mass is 247 g/mol. The Kier molecular flexibility index (Phi) is 3.54. The minimum atomic E-state index is -0.277. The molecule has 0 atom stereocenters. The van der Waals surface area contributed by atoms with Crippen LogP contribution in [0.2, 0.25) is 0 Å². The number of aromatic nitrogens is 1. The summed E-state index contributed by atoms with van der Waals surface area (Å²) in [6, 6.07) is 5.54. The summed E-state index contributed by atoms with van der Waals surface area (Å²) in [5.74, 6) is -0.277. The lowest BCUT2D eigenvalue weighted by molar-refractivity contribution is 0.0526. The van der Waals surface area contributed by atoms with E-state index in [1.165, 1.54) is 0 Å². The van der Waals surface area contributed by atoms with Crippen molar-refractivity contribution >= 4 is 17.3 Å². The van der Waals surface area contributed by atoms with Crippen LogP contribution in [0.4, 0.5) is 0 Å². The molecule has 2 rings (SSSR count). The molecule has 4 heteroatoms. The molecular weight excluding hydrogens is 234 g/mol. The average Bonchev–Trinajstić information content (AvgIpc) is 2.82. The summed E-state index contributed by atoms with van der Waals surface area (Å²) in [7, 11) is 0. The Morgan fingerprint density at radius 3 is 2.88 bits per heavy atom. The van der Waals surface area contributed by atoms with Gasteiger partial charge >= 0.3 is 5.97 Å². The number of rotatable bonds is 3. The van der Waals surface area contributed by atoms with Gasteiger partial charge in [-0.05, 0) is 31.5 Å². The SMILES string of the molecule is CCOC(=O)c1ccc(-c2nccs2)c(C)c1. The van der Waals surface area contributed by atoms with Gasteiger partial charge in [-0.2, -0.15) is 0 Å². The van der Waals surface area contributed by atoms with E-state index in [0.717, 1.165) is 16.1 Å². The summed E-state index contributed by atoms with van der Waals surface area (Å²) in [6.07, 6.45) is 1.78. The van der Waals surface area contributed by atoms with Gasteiger partial charge in [0.15, 0.2) is 0 Å². The van der Waals surface area contributed by atoms with E-state index in [2.05, 4.69) is 4.98 Å². The van der Waals surface area contributed by atoms with Gasteiger partial charge in [-0.15, -0.1) is 11.3 Å². The highest BCUT2D eigenvalue weighted by molar-refractivity contribution is 7.13. The first-order valence-corrected chi connectivity index (χ1v) is 6.28. The predicted molar refractivity (Wildman–Crippen MR) is 68.2 cm³/mol. The number of ether oxygens (including phenoxy) is 1. The Morgan fingerprint density at radius 1 is 1.47 bits per heavy atom. The van der Waals surface area contributed by atoms with Crippen LogP contribution in [0.5, 0.6) is 0 Å². The van der Waals surface area contributed by atoms with E-state index in [-0.39, 0.29) is 5.97 Å². The number of aryl methyl sites for hydroxylation is 1. The second kappa shape index (κ2) is 5.10. The topological polar surface area (TPSA) is 39.2 Å². The van der Waals surface area contributed by atoms with Crippen molar-refractivity contribution in [3.05, 3.63) is 40.9 Å². The van der Waals surface area contributed by atoms with Crippen molar-refractivity contribution in [1.29, 1.82) is 0 Å².